The summed E-state index contributed by atoms with van der Waals surface area (Å²) in [5.74, 6) is -1.04. The molecule has 15 heavy (non-hydrogen) atoms. The van der Waals surface area contributed by atoms with E-state index in [1.165, 1.54) is 31.2 Å². The first kappa shape index (κ1) is 13.6. The Kier molecular flexibility index (Phi) is 6.33. The third-order valence-electron chi connectivity index (χ3n) is 1.67. The quantitative estimate of drug-likeness (QED) is 0.467. The second-order valence-electron chi connectivity index (χ2n) is 3.04. The highest BCUT2D eigenvalue weighted by Crippen LogP contribution is 2.00. The Labute approximate surface area is 88.9 Å². The van der Waals surface area contributed by atoms with Crippen molar-refractivity contribution in [2.45, 2.75) is 26.1 Å². The van der Waals surface area contributed by atoms with Crippen LogP contribution in [0, 0.1) is 0 Å². The maximum atomic E-state index is 10.6. The van der Waals surface area contributed by atoms with E-state index in [0.717, 1.165) is 0 Å². The maximum Gasteiger partial charge on any atom is 0.335 e. The number of hydrogen-bond acceptors (Lipinski definition) is 3. The number of carbonyl (C=O) groups is 1. The molecule has 0 aliphatic heterocycles. The Balaban J connectivity index is 4.52. The summed E-state index contributed by atoms with van der Waals surface area (Å²) in [6, 6.07) is 0. The van der Waals surface area contributed by atoms with Crippen molar-refractivity contribution in [3.05, 3.63) is 36.0 Å². The number of aliphatic hydroxyl groups excluding tert-OH is 2. The van der Waals surface area contributed by atoms with Gasteiger partial charge in [0.2, 0.25) is 0 Å². The standard InChI is InChI=1S/C11H16O4/c1-3-5-9(11(14)15)6-4-7-10(13)8(2)12/h3-8,10,12-13H,1-2H3,(H,14,15)/b5-3-,7-4+,9-6-/t8-,10+/m1/s1. The number of aliphatic carboxylic acids is 1. The molecular weight excluding hydrogens is 196 g/mol. The largest absolute Gasteiger partial charge is 0.478 e. The van der Waals surface area contributed by atoms with E-state index in [9.17, 15) is 9.90 Å². The van der Waals surface area contributed by atoms with Crippen LogP contribution in [-0.4, -0.2) is 33.5 Å². The predicted octanol–water partition coefficient (Wildman–Crippen LogP) is 0.871. The van der Waals surface area contributed by atoms with Crippen LogP contribution >= 0.6 is 0 Å². The molecule has 4 heteroatoms. The lowest BCUT2D eigenvalue weighted by molar-refractivity contribution is -0.132. The van der Waals surface area contributed by atoms with Crippen molar-refractivity contribution in [2.75, 3.05) is 0 Å². The number of allylic oxidation sites excluding steroid dienone is 3. The Morgan fingerprint density at radius 2 is 1.93 bits per heavy atom. The molecule has 0 aromatic carbocycles. The van der Waals surface area contributed by atoms with Crippen LogP contribution in [0.15, 0.2) is 36.0 Å². The van der Waals surface area contributed by atoms with Crippen molar-refractivity contribution in [1.29, 1.82) is 0 Å². The molecule has 0 saturated carbocycles. The van der Waals surface area contributed by atoms with Crippen LogP contribution in [0.25, 0.3) is 0 Å². The minimum Gasteiger partial charge on any atom is -0.478 e. The molecule has 0 fully saturated rings. The highest BCUT2D eigenvalue weighted by atomic mass is 16.4. The van der Waals surface area contributed by atoms with Crippen LogP contribution in [0.5, 0.6) is 0 Å². The van der Waals surface area contributed by atoms with Crippen LogP contribution in [0.4, 0.5) is 0 Å². The van der Waals surface area contributed by atoms with Crippen LogP contribution in [-0.2, 0) is 4.79 Å². The summed E-state index contributed by atoms with van der Waals surface area (Å²) in [6.07, 6.45) is 5.29. The number of hydrogen-bond donors (Lipinski definition) is 3. The summed E-state index contributed by atoms with van der Waals surface area (Å²) in [5.41, 5.74) is 0.117. The molecule has 0 heterocycles. The number of rotatable bonds is 5. The molecule has 3 N–H and O–H groups in total. The lowest BCUT2D eigenvalue weighted by Gasteiger charge is -2.06. The molecule has 0 radical (unpaired) electrons. The van der Waals surface area contributed by atoms with E-state index >= 15 is 0 Å². The van der Waals surface area contributed by atoms with Gasteiger partial charge < -0.3 is 15.3 Å². The van der Waals surface area contributed by atoms with Gasteiger partial charge >= 0.3 is 5.97 Å². The van der Waals surface area contributed by atoms with E-state index in [1.54, 1.807) is 13.0 Å². The molecule has 0 aliphatic rings. The van der Waals surface area contributed by atoms with Crippen LogP contribution in [0.2, 0.25) is 0 Å². The van der Waals surface area contributed by atoms with E-state index in [-0.39, 0.29) is 5.57 Å². The van der Waals surface area contributed by atoms with Gasteiger partial charge in [0.25, 0.3) is 0 Å². The Hall–Kier alpha value is -1.39. The fourth-order valence-corrected chi connectivity index (χ4v) is 0.812. The first-order valence-electron chi connectivity index (χ1n) is 4.59. The molecule has 0 unspecified atom stereocenters. The van der Waals surface area contributed by atoms with E-state index < -0.39 is 18.2 Å². The first-order chi connectivity index (χ1) is 6.99. The molecule has 0 aliphatic carbocycles. The molecule has 0 amide bonds. The molecular formula is C11H16O4. The van der Waals surface area contributed by atoms with Gasteiger partial charge in [-0.15, -0.1) is 0 Å². The van der Waals surface area contributed by atoms with E-state index in [2.05, 4.69) is 0 Å². The summed E-state index contributed by atoms with van der Waals surface area (Å²) in [5, 5.41) is 26.8. The average Bonchev–Trinajstić information content (AvgIpc) is 2.15. The van der Waals surface area contributed by atoms with E-state index in [4.69, 9.17) is 10.2 Å². The molecule has 0 aromatic heterocycles. The SMILES string of the molecule is C\C=C/C(=C/C=C/[C@H](O)[C@@H](C)O)C(=O)O. The molecule has 0 saturated heterocycles. The number of carboxylic acids is 1. The summed E-state index contributed by atoms with van der Waals surface area (Å²) < 4.78 is 0. The molecule has 0 rings (SSSR count). The molecule has 0 spiro atoms. The highest BCUT2D eigenvalue weighted by molar-refractivity contribution is 5.90. The Bertz CT molecular complexity index is 287. The van der Waals surface area contributed by atoms with Crippen molar-refractivity contribution in [1.82, 2.24) is 0 Å². The van der Waals surface area contributed by atoms with E-state index in [1.807, 2.05) is 0 Å². The summed E-state index contributed by atoms with van der Waals surface area (Å²) in [4.78, 5) is 10.6. The maximum absolute atomic E-state index is 10.6. The van der Waals surface area contributed by atoms with Gasteiger partial charge in [0.1, 0.15) is 0 Å². The van der Waals surface area contributed by atoms with Crippen LogP contribution in [0.1, 0.15) is 13.8 Å². The molecule has 0 bridgehead atoms. The summed E-state index contributed by atoms with van der Waals surface area (Å²) in [6.45, 7) is 3.16. The average molecular weight is 212 g/mol. The topological polar surface area (TPSA) is 77.8 Å². The lowest BCUT2D eigenvalue weighted by atomic mass is 10.2. The van der Waals surface area contributed by atoms with Gasteiger partial charge in [-0.3, -0.25) is 0 Å². The Morgan fingerprint density at radius 1 is 1.33 bits per heavy atom. The third kappa shape index (κ3) is 5.83. The van der Waals surface area contributed by atoms with Crippen molar-refractivity contribution >= 4 is 5.97 Å². The molecule has 2 atom stereocenters. The predicted molar refractivity (Wildman–Crippen MR) is 57.4 cm³/mol. The lowest BCUT2D eigenvalue weighted by Crippen LogP contribution is -2.19. The first-order valence-corrected chi connectivity index (χ1v) is 4.59. The van der Waals surface area contributed by atoms with Gasteiger partial charge in [0, 0.05) is 0 Å². The van der Waals surface area contributed by atoms with Gasteiger partial charge in [0.15, 0.2) is 0 Å². The second kappa shape index (κ2) is 6.98. The van der Waals surface area contributed by atoms with Gasteiger partial charge in [-0.05, 0) is 19.9 Å². The zero-order valence-corrected chi connectivity index (χ0v) is 8.79. The minimum absolute atomic E-state index is 0.117. The zero-order valence-electron chi connectivity index (χ0n) is 8.79. The Morgan fingerprint density at radius 3 is 2.33 bits per heavy atom. The van der Waals surface area contributed by atoms with Crippen molar-refractivity contribution < 1.29 is 20.1 Å². The normalized spacial score (nSPS) is 17.2. The smallest absolute Gasteiger partial charge is 0.335 e. The van der Waals surface area contributed by atoms with Crippen LogP contribution < -0.4 is 0 Å². The summed E-state index contributed by atoms with van der Waals surface area (Å²) >= 11 is 0. The summed E-state index contributed by atoms with van der Waals surface area (Å²) in [7, 11) is 0. The molecule has 0 aromatic rings. The number of carboxylic acid groups (broad SMARTS) is 1. The van der Waals surface area contributed by atoms with Crippen molar-refractivity contribution in [2.24, 2.45) is 0 Å². The van der Waals surface area contributed by atoms with E-state index in [0.29, 0.717) is 0 Å². The molecule has 84 valence electrons. The van der Waals surface area contributed by atoms with Gasteiger partial charge in [-0.2, -0.15) is 0 Å². The van der Waals surface area contributed by atoms with Gasteiger partial charge in [-0.25, -0.2) is 4.79 Å². The monoisotopic (exact) mass is 212 g/mol. The van der Waals surface area contributed by atoms with Crippen molar-refractivity contribution in [3.63, 3.8) is 0 Å². The third-order valence-corrected chi connectivity index (χ3v) is 1.67. The van der Waals surface area contributed by atoms with Crippen LogP contribution in [0.3, 0.4) is 0 Å². The molecule has 4 nitrogen and oxygen atoms in total. The zero-order chi connectivity index (χ0) is 11.8. The van der Waals surface area contributed by atoms with Gasteiger partial charge in [-0.1, -0.05) is 24.3 Å². The van der Waals surface area contributed by atoms with Crippen molar-refractivity contribution in [3.8, 4) is 0 Å². The highest BCUT2D eigenvalue weighted by Gasteiger charge is 2.05. The van der Waals surface area contributed by atoms with Gasteiger partial charge in [0.05, 0.1) is 17.8 Å². The minimum atomic E-state index is -1.04. The fraction of sp³-hybridized carbons (Fsp3) is 0.364. The number of aliphatic hydroxyl groups is 2. The fourth-order valence-electron chi connectivity index (χ4n) is 0.812. The second-order valence-corrected chi connectivity index (χ2v) is 3.04.